The summed E-state index contributed by atoms with van der Waals surface area (Å²) >= 11 is 0. The van der Waals surface area contributed by atoms with Crippen LogP contribution in [0.1, 0.15) is 57.9 Å². The van der Waals surface area contributed by atoms with Crippen LogP contribution < -0.4 is 15.4 Å². The minimum Gasteiger partial charge on any atom is -0.481 e. The first kappa shape index (κ1) is 20.2. The van der Waals surface area contributed by atoms with Gasteiger partial charge in [0, 0.05) is 24.2 Å². The number of nitrogens with zero attached hydrogens (tertiary/aromatic N) is 1. The first-order valence-corrected chi connectivity index (χ1v) is 11.0. The van der Waals surface area contributed by atoms with Gasteiger partial charge in [-0.25, -0.2) is 4.98 Å². The third kappa shape index (κ3) is 4.12. The van der Waals surface area contributed by atoms with E-state index >= 15 is 0 Å². The maximum Gasteiger partial charge on any atom is 0.243 e. The number of carbonyl (C=O) groups excluding carboxylic acids is 2. The van der Waals surface area contributed by atoms with E-state index in [1.165, 1.54) is 19.3 Å². The molecule has 0 spiro atoms. The zero-order chi connectivity index (χ0) is 20.6. The van der Waals surface area contributed by atoms with E-state index in [0.717, 1.165) is 24.8 Å². The van der Waals surface area contributed by atoms with Crippen LogP contribution in [-0.2, 0) is 16.1 Å². The van der Waals surface area contributed by atoms with Crippen LogP contribution in [0, 0.1) is 29.1 Å². The molecule has 2 amide bonds. The van der Waals surface area contributed by atoms with Crippen molar-refractivity contribution in [1.82, 2.24) is 15.6 Å². The summed E-state index contributed by atoms with van der Waals surface area (Å²) in [5, 5.41) is 6.10. The van der Waals surface area contributed by atoms with Crippen molar-refractivity contribution in [2.75, 3.05) is 7.11 Å². The number of aromatic nitrogens is 1. The van der Waals surface area contributed by atoms with Crippen molar-refractivity contribution in [2.24, 2.45) is 29.1 Å². The smallest absolute Gasteiger partial charge is 0.243 e. The molecule has 0 aliphatic heterocycles. The highest BCUT2D eigenvalue weighted by Gasteiger charge is 2.55. The molecule has 5 rings (SSSR count). The van der Waals surface area contributed by atoms with Gasteiger partial charge in [0.2, 0.25) is 17.7 Å². The van der Waals surface area contributed by atoms with Gasteiger partial charge in [0.05, 0.1) is 7.11 Å². The van der Waals surface area contributed by atoms with E-state index in [1.54, 1.807) is 19.4 Å². The second-order valence-electron chi connectivity index (χ2n) is 9.82. The normalized spacial score (nSPS) is 30.8. The van der Waals surface area contributed by atoms with Gasteiger partial charge in [-0.05, 0) is 67.8 Å². The van der Waals surface area contributed by atoms with Crippen LogP contribution in [0.15, 0.2) is 18.3 Å². The van der Waals surface area contributed by atoms with E-state index in [2.05, 4.69) is 15.6 Å². The van der Waals surface area contributed by atoms with Gasteiger partial charge in [-0.1, -0.05) is 19.9 Å². The van der Waals surface area contributed by atoms with E-state index < -0.39 is 6.04 Å². The van der Waals surface area contributed by atoms with Crippen LogP contribution >= 0.6 is 0 Å². The third-order valence-electron chi connectivity index (χ3n) is 7.23. The Kier molecular flexibility index (Phi) is 5.54. The highest BCUT2D eigenvalue weighted by Crippen LogP contribution is 2.60. The van der Waals surface area contributed by atoms with Gasteiger partial charge in [-0.2, -0.15) is 0 Å². The second-order valence-corrected chi connectivity index (χ2v) is 9.82. The molecule has 1 atom stereocenters. The van der Waals surface area contributed by atoms with Crippen LogP contribution in [0.25, 0.3) is 0 Å². The van der Waals surface area contributed by atoms with Crippen molar-refractivity contribution in [1.29, 1.82) is 0 Å². The molecule has 4 fully saturated rings. The largest absolute Gasteiger partial charge is 0.481 e. The Balaban J connectivity index is 1.38. The molecule has 2 N–H and O–H groups in total. The molecule has 0 aromatic carbocycles. The maximum absolute atomic E-state index is 13.3. The van der Waals surface area contributed by atoms with Gasteiger partial charge in [0.15, 0.2) is 0 Å². The number of carbonyl (C=O) groups is 2. The minimum atomic E-state index is -0.512. The van der Waals surface area contributed by atoms with Crippen molar-refractivity contribution in [3.63, 3.8) is 0 Å². The summed E-state index contributed by atoms with van der Waals surface area (Å²) < 4.78 is 5.06. The predicted molar refractivity (Wildman–Crippen MR) is 110 cm³/mol. The van der Waals surface area contributed by atoms with Crippen LogP contribution in [-0.4, -0.2) is 29.9 Å². The van der Waals surface area contributed by atoms with Gasteiger partial charge in [-0.3, -0.25) is 9.59 Å². The van der Waals surface area contributed by atoms with Crippen LogP contribution in [0.3, 0.4) is 0 Å². The Bertz CT molecular complexity index is 724. The number of nitrogens with one attached hydrogen (secondary N) is 2. The summed E-state index contributed by atoms with van der Waals surface area (Å²) in [5.74, 6) is 2.68. The molecule has 1 heterocycles. The first-order valence-electron chi connectivity index (χ1n) is 11.0. The van der Waals surface area contributed by atoms with Crippen LogP contribution in [0.2, 0.25) is 0 Å². The van der Waals surface area contributed by atoms with Gasteiger partial charge in [0.25, 0.3) is 0 Å². The zero-order valence-electron chi connectivity index (χ0n) is 17.7. The lowest BCUT2D eigenvalue weighted by molar-refractivity contribution is -0.149. The molecule has 0 saturated heterocycles. The number of hydrogen-bond acceptors (Lipinski definition) is 4. The Labute approximate surface area is 173 Å². The quantitative estimate of drug-likeness (QED) is 0.738. The van der Waals surface area contributed by atoms with Gasteiger partial charge >= 0.3 is 0 Å². The lowest BCUT2D eigenvalue weighted by atomic mass is 9.49. The minimum absolute atomic E-state index is 0.0295. The van der Waals surface area contributed by atoms with Crippen LogP contribution in [0.5, 0.6) is 5.88 Å². The molecule has 4 saturated carbocycles. The Morgan fingerprint density at radius 1 is 1.14 bits per heavy atom. The topological polar surface area (TPSA) is 80.3 Å². The van der Waals surface area contributed by atoms with Crippen molar-refractivity contribution < 1.29 is 14.3 Å². The highest BCUT2D eigenvalue weighted by atomic mass is 16.5. The fourth-order valence-electron chi connectivity index (χ4n) is 6.15. The molecule has 1 aromatic rings. The lowest BCUT2D eigenvalue weighted by Gasteiger charge is -2.55. The fraction of sp³-hybridized carbons (Fsp3) is 0.696. The monoisotopic (exact) mass is 399 g/mol. The van der Waals surface area contributed by atoms with Crippen molar-refractivity contribution in [3.05, 3.63) is 23.9 Å². The number of rotatable bonds is 7. The number of ether oxygens (including phenoxy) is 1. The average Bonchev–Trinajstić information content (AvgIpc) is 2.69. The molecule has 4 bridgehead atoms. The summed E-state index contributed by atoms with van der Waals surface area (Å²) in [6.07, 6.45) is 8.62. The predicted octanol–water partition coefficient (Wildman–Crippen LogP) is 3.06. The molecule has 1 unspecified atom stereocenters. The number of methoxy groups -OCH3 is 1. The van der Waals surface area contributed by atoms with E-state index in [1.807, 2.05) is 19.9 Å². The summed E-state index contributed by atoms with van der Waals surface area (Å²) in [6.45, 7) is 4.35. The lowest BCUT2D eigenvalue weighted by Crippen LogP contribution is -2.58. The Morgan fingerprint density at radius 2 is 1.76 bits per heavy atom. The molecular formula is C23H33N3O3. The van der Waals surface area contributed by atoms with E-state index in [4.69, 9.17) is 4.74 Å². The van der Waals surface area contributed by atoms with Gasteiger partial charge < -0.3 is 15.4 Å². The SMILES string of the molecule is COc1ccc(CNC(=O)C(NC(=O)C23CC4CC(CC(C4)C2)C3)C(C)C)cn1. The summed E-state index contributed by atoms with van der Waals surface area (Å²) in [7, 11) is 1.57. The number of amides is 2. The van der Waals surface area contributed by atoms with Gasteiger partial charge in [0.1, 0.15) is 6.04 Å². The van der Waals surface area contributed by atoms with E-state index in [0.29, 0.717) is 30.2 Å². The molecule has 4 aliphatic rings. The average molecular weight is 400 g/mol. The molecule has 158 valence electrons. The second kappa shape index (κ2) is 7.96. The molecule has 6 heteroatoms. The fourth-order valence-corrected chi connectivity index (χ4v) is 6.15. The number of pyridine rings is 1. The summed E-state index contributed by atoms with van der Waals surface area (Å²) in [5.41, 5.74) is 0.663. The van der Waals surface area contributed by atoms with Crippen molar-refractivity contribution in [3.8, 4) is 5.88 Å². The third-order valence-corrected chi connectivity index (χ3v) is 7.23. The molecule has 1 aromatic heterocycles. The van der Waals surface area contributed by atoms with Crippen LogP contribution in [0.4, 0.5) is 0 Å². The van der Waals surface area contributed by atoms with E-state index in [-0.39, 0.29) is 23.1 Å². The van der Waals surface area contributed by atoms with Gasteiger partial charge in [-0.15, -0.1) is 0 Å². The maximum atomic E-state index is 13.3. The highest BCUT2D eigenvalue weighted by molar-refractivity contribution is 5.90. The summed E-state index contributed by atoms with van der Waals surface area (Å²) in [4.78, 5) is 30.4. The van der Waals surface area contributed by atoms with E-state index in [9.17, 15) is 9.59 Å². The van der Waals surface area contributed by atoms with Crippen molar-refractivity contribution in [2.45, 2.75) is 65.0 Å². The van der Waals surface area contributed by atoms with Crippen molar-refractivity contribution >= 4 is 11.8 Å². The molecular weight excluding hydrogens is 366 g/mol. The summed E-state index contributed by atoms with van der Waals surface area (Å²) in [6, 6.07) is 3.14. The Hall–Kier alpha value is -2.11. The molecule has 4 aliphatic carbocycles. The zero-order valence-corrected chi connectivity index (χ0v) is 17.7. The first-order chi connectivity index (χ1) is 13.9. The molecule has 0 radical (unpaired) electrons. The standard InChI is InChI=1S/C23H33N3O3/c1-14(2)20(21(27)25-13-15-4-5-19(29-3)24-12-15)26-22(28)23-9-16-6-17(10-23)8-18(7-16)11-23/h4-5,12,14,16-18,20H,6-11,13H2,1-3H3,(H,25,27)(H,26,28). The molecule has 29 heavy (non-hydrogen) atoms. The molecule has 6 nitrogen and oxygen atoms in total. The number of hydrogen-bond donors (Lipinski definition) is 2. The Morgan fingerprint density at radius 3 is 2.24 bits per heavy atom.